The molecular formula is C61H63N5O8S4. The molecule has 4 saturated heterocycles. The Labute approximate surface area is 475 Å². The summed E-state index contributed by atoms with van der Waals surface area (Å²) in [5, 5.41) is 0. The van der Waals surface area contributed by atoms with Crippen LogP contribution in [0.1, 0.15) is 69.5 Å². The quantitative estimate of drug-likeness (QED) is 0.0311. The maximum absolute atomic E-state index is 12.9. The number of ether oxygens (including phenoxy) is 2. The molecule has 4 aliphatic heterocycles. The van der Waals surface area contributed by atoms with Crippen molar-refractivity contribution in [2.45, 2.75) is 52.1 Å². The van der Waals surface area contributed by atoms with Crippen molar-refractivity contribution in [3.05, 3.63) is 189 Å². The molecule has 6 aromatic rings. The minimum Gasteiger partial charge on any atom is -0.462 e. The largest absolute Gasteiger partial charge is 0.462 e. The van der Waals surface area contributed by atoms with E-state index in [0.29, 0.717) is 80.2 Å². The fourth-order valence-electron chi connectivity index (χ4n) is 9.32. The van der Waals surface area contributed by atoms with Crippen molar-refractivity contribution in [3.63, 3.8) is 0 Å². The Morgan fingerprint density at radius 3 is 1.44 bits per heavy atom. The molecule has 17 heteroatoms. The number of hydrogen-bond donors (Lipinski definition) is 0. The molecule has 78 heavy (non-hydrogen) atoms. The first kappa shape index (κ1) is 56.3. The van der Waals surface area contributed by atoms with Crippen LogP contribution in [-0.2, 0) is 45.0 Å². The lowest BCUT2D eigenvalue weighted by Gasteiger charge is -2.33. The Hall–Kier alpha value is -6.44. The van der Waals surface area contributed by atoms with Crippen LogP contribution in [0.4, 0.5) is 0 Å². The summed E-state index contributed by atoms with van der Waals surface area (Å²) < 4.78 is 24.1. The summed E-state index contributed by atoms with van der Waals surface area (Å²) in [6, 6.07) is 41.7. The molecule has 0 atom stereocenters. The number of allylic oxidation sites excluding steroid dienone is 2. The maximum atomic E-state index is 12.9. The zero-order chi connectivity index (χ0) is 54.2. The number of esters is 2. The van der Waals surface area contributed by atoms with Crippen molar-refractivity contribution in [2.24, 2.45) is 0 Å². The number of likely N-dealkylation sites (tertiary alicyclic amines) is 1. The van der Waals surface area contributed by atoms with Gasteiger partial charge in [0.15, 0.2) is 0 Å². The van der Waals surface area contributed by atoms with Gasteiger partial charge in [-0.15, -0.1) is 0 Å². The molecular weight excluding hydrogens is 1060 g/mol. The number of furan rings is 2. The number of carbonyl (C=O) groups is 4. The zero-order valence-electron chi connectivity index (χ0n) is 43.7. The smallest absolute Gasteiger partial charge is 0.338 e. The summed E-state index contributed by atoms with van der Waals surface area (Å²) in [5.74, 6) is 2.12. The summed E-state index contributed by atoms with van der Waals surface area (Å²) in [6.45, 7) is 13.2. The zero-order valence-corrected chi connectivity index (χ0v) is 47.0. The number of rotatable bonds is 20. The van der Waals surface area contributed by atoms with E-state index in [1.54, 1.807) is 34.1 Å². The summed E-state index contributed by atoms with van der Waals surface area (Å²) in [5.41, 5.74) is 4.86. The average molecular weight is 1120 g/mol. The highest BCUT2D eigenvalue weighted by Crippen LogP contribution is 2.35. The third-order valence-corrected chi connectivity index (χ3v) is 16.7. The third kappa shape index (κ3) is 15.4. The SMILES string of the molecule is CCN1CCN(CCOC(=O)c2ccc(-c3ccc(C/C=C4/SC(=S)N(Cc5ccccc5)C4=O)o3)cc2)CC1.O=C(OCCCN1CCCC1)c1ccc(-c2ccc(C/C=C3/SC(=S)N(Cc4ccccc4)C3=O)o2)cc1. The van der Waals surface area contributed by atoms with Gasteiger partial charge in [-0.1, -0.05) is 152 Å². The minimum atomic E-state index is -0.316. The molecule has 4 aromatic carbocycles. The number of likely N-dealkylation sites (N-methyl/N-ethyl adjacent to an activating group) is 1. The standard InChI is InChI=1S/C31H33N3O4S2.C30H30N2O4S2/c1-2-32-16-18-33(19-17-32)20-21-37-30(36)25-10-8-24(9-11-25)27-14-12-26(38-27)13-15-28-29(35)34(31(39)40-28)22-23-6-4-3-5-7-23;33-28-27(38-30(37)32(28)21-22-7-2-1-3-8-22)16-14-25-13-15-26(36-25)23-9-11-24(12-10-23)29(34)35-20-6-19-31-17-4-5-18-31/h3-12,14-15H,2,13,16-22H2,1H3;1-3,7-13,15-16H,4-6,14,17-21H2/b28-15+;27-16+. The van der Waals surface area contributed by atoms with E-state index in [1.807, 2.05) is 121 Å². The molecule has 404 valence electrons. The van der Waals surface area contributed by atoms with Crippen LogP contribution >= 0.6 is 48.0 Å². The van der Waals surface area contributed by atoms with Crippen molar-refractivity contribution in [1.82, 2.24) is 24.5 Å². The molecule has 0 saturated carbocycles. The molecule has 0 N–H and O–H groups in total. The predicted molar refractivity (Wildman–Crippen MR) is 316 cm³/mol. The molecule has 6 heterocycles. The third-order valence-electron chi connectivity index (χ3n) is 13.8. The lowest BCUT2D eigenvalue weighted by Crippen LogP contribution is -2.47. The number of nitrogens with zero attached hydrogens (tertiary/aromatic N) is 5. The van der Waals surface area contributed by atoms with Gasteiger partial charge in [0.1, 0.15) is 38.3 Å². The minimum absolute atomic E-state index is 0.0749. The second-order valence-corrected chi connectivity index (χ2v) is 22.5. The normalized spacial score (nSPS) is 17.3. The van der Waals surface area contributed by atoms with E-state index in [2.05, 4.69) is 21.6 Å². The molecule has 0 spiro atoms. The Balaban J connectivity index is 0.000000190. The van der Waals surface area contributed by atoms with Gasteiger partial charge in [-0.3, -0.25) is 24.3 Å². The highest BCUT2D eigenvalue weighted by Gasteiger charge is 2.33. The Morgan fingerprint density at radius 1 is 0.538 bits per heavy atom. The van der Waals surface area contributed by atoms with Gasteiger partial charge in [0.2, 0.25) is 0 Å². The van der Waals surface area contributed by atoms with E-state index >= 15 is 0 Å². The van der Waals surface area contributed by atoms with Crippen LogP contribution in [-0.4, -0.2) is 129 Å². The van der Waals surface area contributed by atoms with Crippen LogP contribution in [0.15, 0.2) is 164 Å². The van der Waals surface area contributed by atoms with Crippen LogP contribution in [0.2, 0.25) is 0 Å². The summed E-state index contributed by atoms with van der Waals surface area (Å²) in [7, 11) is 0. The number of piperazine rings is 1. The summed E-state index contributed by atoms with van der Waals surface area (Å²) in [4.78, 5) is 62.3. The fourth-order valence-corrected chi connectivity index (χ4v) is 11.8. The van der Waals surface area contributed by atoms with Gasteiger partial charge in [-0.25, -0.2) is 9.59 Å². The Morgan fingerprint density at radius 2 is 0.974 bits per heavy atom. The second-order valence-electron chi connectivity index (χ2n) is 19.2. The number of amides is 2. The van der Waals surface area contributed by atoms with Crippen molar-refractivity contribution in [1.29, 1.82) is 0 Å². The number of benzene rings is 4. The van der Waals surface area contributed by atoms with E-state index in [9.17, 15) is 19.2 Å². The molecule has 0 bridgehead atoms. The molecule has 0 unspecified atom stereocenters. The highest BCUT2D eigenvalue weighted by atomic mass is 32.2. The number of thiocarbonyl (C=S) groups is 2. The van der Waals surface area contributed by atoms with Gasteiger partial charge in [0.05, 0.1) is 40.6 Å². The van der Waals surface area contributed by atoms with Crippen LogP contribution < -0.4 is 0 Å². The second kappa shape index (κ2) is 27.9. The average Bonchev–Trinajstić information content (AvgIpc) is 4.35. The molecule has 2 amide bonds. The monoisotopic (exact) mass is 1120 g/mol. The van der Waals surface area contributed by atoms with Crippen LogP contribution in [0, 0.1) is 0 Å². The molecule has 2 aromatic heterocycles. The van der Waals surface area contributed by atoms with Crippen molar-refractivity contribution >= 4 is 80.4 Å². The van der Waals surface area contributed by atoms with Gasteiger partial charge in [-0.2, -0.15) is 0 Å². The van der Waals surface area contributed by atoms with E-state index in [0.717, 1.165) is 99.1 Å². The van der Waals surface area contributed by atoms with E-state index < -0.39 is 0 Å². The molecule has 0 radical (unpaired) electrons. The first-order chi connectivity index (χ1) is 38.1. The van der Waals surface area contributed by atoms with Gasteiger partial charge >= 0.3 is 11.9 Å². The Kier molecular flexibility index (Phi) is 20.2. The molecule has 4 aliphatic rings. The van der Waals surface area contributed by atoms with Crippen molar-refractivity contribution in [2.75, 3.05) is 72.1 Å². The Bertz CT molecular complexity index is 3090. The number of hydrogen-bond acceptors (Lipinski definition) is 15. The molecule has 0 aliphatic carbocycles. The topological polar surface area (TPSA) is 129 Å². The van der Waals surface area contributed by atoms with E-state index in [-0.39, 0.29) is 23.8 Å². The number of thioether (sulfide) groups is 2. The van der Waals surface area contributed by atoms with Crippen molar-refractivity contribution in [3.8, 4) is 22.6 Å². The van der Waals surface area contributed by atoms with Gasteiger partial charge in [0, 0.05) is 63.2 Å². The fraction of sp³-hybridized carbons (Fsp3) is 0.311. The van der Waals surface area contributed by atoms with Gasteiger partial charge in [0.25, 0.3) is 11.8 Å². The summed E-state index contributed by atoms with van der Waals surface area (Å²) >= 11 is 13.5. The first-order valence-corrected chi connectivity index (χ1v) is 29.0. The summed E-state index contributed by atoms with van der Waals surface area (Å²) in [6.07, 6.45) is 8.09. The highest BCUT2D eigenvalue weighted by molar-refractivity contribution is 8.27. The molecule has 4 fully saturated rings. The molecule has 13 nitrogen and oxygen atoms in total. The van der Waals surface area contributed by atoms with Crippen LogP contribution in [0.5, 0.6) is 0 Å². The van der Waals surface area contributed by atoms with E-state index in [1.165, 1.54) is 36.4 Å². The van der Waals surface area contributed by atoms with Gasteiger partial charge in [-0.05, 0) is 98.6 Å². The van der Waals surface area contributed by atoms with Crippen LogP contribution in [0.3, 0.4) is 0 Å². The lowest BCUT2D eigenvalue weighted by atomic mass is 10.1. The lowest BCUT2D eigenvalue weighted by molar-refractivity contribution is -0.123. The maximum Gasteiger partial charge on any atom is 0.338 e. The number of carbonyl (C=O) groups excluding carboxylic acids is 4. The van der Waals surface area contributed by atoms with E-state index in [4.69, 9.17) is 42.7 Å². The first-order valence-electron chi connectivity index (χ1n) is 26.5. The molecule has 10 rings (SSSR count). The van der Waals surface area contributed by atoms with Crippen LogP contribution in [0.25, 0.3) is 22.6 Å². The van der Waals surface area contributed by atoms with Crippen molar-refractivity contribution < 1.29 is 37.5 Å². The predicted octanol–water partition coefficient (Wildman–Crippen LogP) is 11.3. The van der Waals surface area contributed by atoms with Gasteiger partial charge < -0.3 is 28.1 Å².